The predicted octanol–water partition coefficient (Wildman–Crippen LogP) is 3.55. The molecule has 0 saturated carbocycles. The van der Waals surface area contributed by atoms with Gasteiger partial charge in [-0.1, -0.05) is 17.3 Å². The summed E-state index contributed by atoms with van der Waals surface area (Å²) in [6.07, 6.45) is 2.37. The molecule has 1 aliphatic rings. The zero-order chi connectivity index (χ0) is 15.8. The van der Waals surface area contributed by atoms with Gasteiger partial charge in [-0.2, -0.15) is 0 Å². The molecule has 0 amide bonds. The molecule has 0 aliphatic carbocycles. The lowest BCUT2D eigenvalue weighted by molar-refractivity contribution is 0.177. The van der Waals surface area contributed by atoms with E-state index in [-0.39, 0.29) is 0 Å². The third-order valence-corrected chi connectivity index (χ3v) is 4.68. The molecule has 1 aromatic carbocycles. The summed E-state index contributed by atoms with van der Waals surface area (Å²) in [5.74, 6) is 2.52. The molecule has 120 valence electrons. The number of H-pyrrole nitrogens is 1. The molecule has 1 fully saturated rings. The predicted molar refractivity (Wildman–Crippen MR) is 89.3 cm³/mol. The molecule has 3 heterocycles. The van der Waals surface area contributed by atoms with Crippen LogP contribution in [0.4, 0.5) is 0 Å². The third kappa shape index (κ3) is 2.88. The Morgan fingerprint density at radius 3 is 3.04 bits per heavy atom. The number of aryl methyl sites for hydroxylation is 2. The lowest BCUT2D eigenvalue weighted by Gasteiger charge is -2.30. The van der Waals surface area contributed by atoms with E-state index >= 15 is 0 Å². The van der Waals surface area contributed by atoms with Crippen LogP contribution in [0.2, 0.25) is 0 Å². The molecule has 1 atom stereocenters. The van der Waals surface area contributed by atoms with Crippen LogP contribution in [-0.2, 0) is 6.54 Å². The van der Waals surface area contributed by atoms with Gasteiger partial charge in [-0.25, -0.2) is 4.98 Å². The number of aromatic nitrogens is 3. The fraction of sp³-hybridized carbons (Fsp3) is 0.444. The maximum atomic E-state index is 5.36. The Balaban J connectivity index is 1.52. The summed E-state index contributed by atoms with van der Waals surface area (Å²) in [6, 6.07) is 8.33. The number of imidazole rings is 1. The Hall–Kier alpha value is -2.14. The molecule has 2 aromatic heterocycles. The van der Waals surface area contributed by atoms with Gasteiger partial charge in [-0.15, -0.1) is 0 Å². The molecule has 1 aliphatic heterocycles. The summed E-state index contributed by atoms with van der Waals surface area (Å²) in [7, 11) is 0. The maximum Gasteiger partial charge on any atom is 0.150 e. The number of likely N-dealkylation sites (tertiary alicyclic amines) is 1. The van der Waals surface area contributed by atoms with Crippen LogP contribution in [0, 0.1) is 13.8 Å². The van der Waals surface area contributed by atoms with Crippen molar-refractivity contribution in [3.63, 3.8) is 0 Å². The molecule has 5 nitrogen and oxygen atoms in total. The summed E-state index contributed by atoms with van der Waals surface area (Å²) in [5, 5.41) is 3.98. The number of nitrogens with zero attached hydrogens (tertiary/aromatic N) is 3. The van der Waals surface area contributed by atoms with Crippen LogP contribution in [0.3, 0.4) is 0 Å². The average molecular weight is 310 g/mol. The number of fused-ring (bicyclic) bond motifs is 1. The van der Waals surface area contributed by atoms with Crippen LogP contribution in [-0.4, -0.2) is 33.1 Å². The number of para-hydroxylation sites is 1. The van der Waals surface area contributed by atoms with E-state index < -0.39 is 0 Å². The Bertz CT molecular complexity index is 819. The number of hydrogen-bond donors (Lipinski definition) is 1. The average Bonchev–Trinajstić information content (AvgIpc) is 3.15. The highest BCUT2D eigenvalue weighted by Crippen LogP contribution is 2.28. The van der Waals surface area contributed by atoms with Crippen molar-refractivity contribution in [3.8, 4) is 0 Å². The lowest BCUT2D eigenvalue weighted by Crippen LogP contribution is -2.34. The topological polar surface area (TPSA) is 58.0 Å². The van der Waals surface area contributed by atoms with Crippen molar-refractivity contribution in [1.82, 2.24) is 20.0 Å². The minimum atomic E-state index is 0.458. The van der Waals surface area contributed by atoms with Gasteiger partial charge in [0, 0.05) is 18.5 Å². The molecule has 0 radical (unpaired) electrons. The fourth-order valence-corrected chi connectivity index (χ4v) is 3.52. The van der Waals surface area contributed by atoms with Crippen LogP contribution < -0.4 is 0 Å². The number of hydrogen-bond acceptors (Lipinski definition) is 4. The Kier molecular flexibility index (Phi) is 3.65. The first kappa shape index (κ1) is 14.5. The zero-order valence-electron chi connectivity index (χ0n) is 13.7. The summed E-state index contributed by atoms with van der Waals surface area (Å²) < 4.78 is 5.36. The number of aromatic amines is 1. The van der Waals surface area contributed by atoms with Crippen LogP contribution in [0.5, 0.6) is 0 Å². The second kappa shape index (κ2) is 5.81. The van der Waals surface area contributed by atoms with Crippen molar-refractivity contribution in [2.45, 2.75) is 39.2 Å². The molecule has 4 rings (SSSR count). The largest absolute Gasteiger partial charge is 0.360 e. The quantitative estimate of drug-likeness (QED) is 0.804. The normalized spacial score (nSPS) is 19.5. The SMILES string of the molecule is Cc1cc(CN2CCC[C@@H](c3nc4c(C)cccc4[nH]3)C2)on1. The smallest absolute Gasteiger partial charge is 0.150 e. The van der Waals surface area contributed by atoms with Gasteiger partial charge in [-0.3, -0.25) is 4.90 Å². The lowest BCUT2D eigenvalue weighted by atomic mass is 9.97. The first-order valence-corrected chi connectivity index (χ1v) is 8.29. The second-order valence-corrected chi connectivity index (χ2v) is 6.60. The van der Waals surface area contributed by atoms with Gasteiger partial charge in [0.25, 0.3) is 0 Å². The van der Waals surface area contributed by atoms with E-state index in [1.54, 1.807) is 0 Å². The highest BCUT2D eigenvalue weighted by molar-refractivity contribution is 5.78. The van der Waals surface area contributed by atoms with Crippen LogP contribution >= 0.6 is 0 Å². The van der Waals surface area contributed by atoms with Crippen LogP contribution in [0.15, 0.2) is 28.8 Å². The Morgan fingerprint density at radius 2 is 2.26 bits per heavy atom. The van der Waals surface area contributed by atoms with Crippen molar-refractivity contribution in [1.29, 1.82) is 0 Å². The van der Waals surface area contributed by atoms with Gasteiger partial charge in [0.2, 0.25) is 0 Å². The maximum absolute atomic E-state index is 5.36. The highest BCUT2D eigenvalue weighted by atomic mass is 16.5. The van der Waals surface area contributed by atoms with Gasteiger partial charge >= 0.3 is 0 Å². The number of nitrogens with one attached hydrogen (secondary N) is 1. The Morgan fingerprint density at radius 1 is 1.35 bits per heavy atom. The third-order valence-electron chi connectivity index (χ3n) is 4.68. The molecule has 3 aromatic rings. The van der Waals surface area contributed by atoms with Crippen molar-refractivity contribution in [3.05, 3.63) is 47.1 Å². The van der Waals surface area contributed by atoms with Crippen LogP contribution in [0.1, 0.15) is 41.6 Å². The fourth-order valence-electron chi connectivity index (χ4n) is 3.52. The van der Waals surface area contributed by atoms with E-state index in [2.05, 4.69) is 40.2 Å². The van der Waals surface area contributed by atoms with Gasteiger partial charge in [-0.05, 0) is 44.9 Å². The molecule has 5 heteroatoms. The molecule has 23 heavy (non-hydrogen) atoms. The molecule has 0 spiro atoms. The van der Waals surface area contributed by atoms with Gasteiger partial charge < -0.3 is 9.51 Å². The van der Waals surface area contributed by atoms with E-state index in [0.717, 1.165) is 47.9 Å². The van der Waals surface area contributed by atoms with Crippen molar-refractivity contribution in [2.24, 2.45) is 0 Å². The molecule has 1 saturated heterocycles. The van der Waals surface area contributed by atoms with E-state index in [4.69, 9.17) is 9.51 Å². The van der Waals surface area contributed by atoms with E-state index in [1.165, 1.54) is 18.4 Å². The zero-order valence-corrected chi connectivity index (χ0v) is 13.7. The van der Waals surface area contributed by atoms with Crippen LogP contribution in [0.25, 0.3) is 11.0 Å². The number of rotatable bonds is 3. The summed E-state index contributed by atoms with van der Waals surface area (Å²) >= 11 is 0. The molecule has 0 unspecified atom stereocenters. The summed E-state index contributed by atoms with van der Waals surface area (Å²) in [4.78, 5) is 10.8. The molecule has 1 N–H and O–H groups in total. The molecular weight excluding hydrogens is 288 g/mol. The van der Waals surface area contributed by atoms with Crippen molar-refractivity contribution >= 4 is 11.0 Å². The monoisotopic (exact) mass is 310 g/mol. The first-order valence-electron chi connectivity index (χ1n) is 8.29. The van der Waals surface area contributed by atoms with Gasteiger partial charge in [0.15, 0.2) is 5.76 Å². The van der Waals surface area contributed by atoms with Crippen molar-refractivity contribution in [2.75, 3.05) is 13.1 Å². The molecular formula is C18H22N4O. The number of benzene rings is 1. The first-order chi connectivity index (χ1) is 11.2. The number of piperidine rings is 1. The van der Waals surface area contributed by atoms with Crippen molar-refractivity contribution < 1.29 is 4.52 Å². The van der Waals surface area contributed by atoms with Gasteiger partial charge in [0.05, 0.1) is 23.3 Å². The minimum absolute atomic E-state index is 0.458. The molecule has 0 bridgehead atoms. The summed E-state index contributed by atoms with van der Waals surface area (Å²) in [5.41, 5.74) is 4.42. The Labute approximate surface area is 135 Å². The second-order valence-electron chi connectivity index (χ2n) is 6.60. The van der Waals surface area contributed by atoms with E-state index in [1.807, 2.05) is 13.0 Å². The van der Waals surface area contributed by atoms with E-state index in [0.29, 0.717) is 5.92 Å². The van der Waals surface area contributed by atoms with E-state index in [9.17, 15) is 0 Å². The standard InChI is InChI=1S/C18H22N4O/c1-12-5-3-7-16-17(12)20-18(19-16)14-6-4-8-22(10-14)11-15-9-13(2)21-23-15/h3,5,7,9,14H,4,6,8,10-11H2,1-2H3,(H,19,20)/t14-/m1/s1. The highest BCUT2D eigenvalue weighted by Gasteiger charge is 2.24. The van der Waals surface area contributed by atoms with Gasteiger partial charge in [0.1, 0.15) is 5.82 Å². The summed E-state index contributed by atoms with van der Waals surface area (Å²) in [6.45, 7) is 7.03. The minimum Gasteiger partial charge on any atom is -0.360 e.